The zero-order valence-electron chi connectivity index (χ0n) is 15.4. The maximum Gasteiger partial charge on any atom is 0.301 e. The average Bonchev–Trinajstić information content (AvgIpc) is 3.32. The van der Waals surface area contributed by atoms with Crippen molar-refractivity contribution in [1.29, 1.82) is 0 Å². The second-order valence-electron chi connectivity index (χ2n) is 7.16. The average molecular weight is 404 g/mol. The van der Waals surface area contributed by atoms with Gasteiger partial charge in [-0.2, -0.15) is 12.7 Å². The first-order valence-electron chi connectivity index (χ1n) is 9.21. The standard InChI is InChI=1S/C19H21FN4O3S/c1-12-9-14-15(11-22-19(14)21-10-12)18(25)13-5-4-6-16(17(13)20)23-28(26,27)24-7-2-3-8-24/h4-6,9,11-12,23H,2-3,7-8,10H2,1H3,(H,21,22). The van der Waals surface area contributed by atoms with Gasteiger partial charge >= 0.3 is 10.2 Å². The largest absolute Gasteiger partial charge is 0.346 e. The zero-order valence-corrected chi connectivity index (χ0v) is 16.2. The third kappa shape index (κ3) is 3.35. The van der Waals surface area contributed by atoms with Crippen molar-refractivity contribution in [3.63, 3.8) is 0 Å². The minimum absolute atomic E-state index is 0.179. The molecule has 4 rings (SSSR count). The lowest BCUT2D eigenvalue weighted by Gasteiger charge is -2.17. The van der Waals surface area contributed by atoms with Gasteiger partial charge in [0.2, 0.25) is 0 Å². The van der Waals surface area contributed by atoms with Crippen molar-refractivity contribution in [2.75, 3.05) is 24.4 Å². The first-order chi connectivity index (χ1) is 13.4. The second-order valence-corrected chi connectivity index (χ2v) is 8.83. The number of H-pyrrole nitrogens is 1. The molecule has 1 atom stereocenters. The van der Waals surface area contributed by atoms with Crippen molar-refractivity contribution >= 4 is 27.8 Å². The normalized spacial score (nSPS) is 19.6. The van der Waals surface area contributed by atoms with Gasteiger partial charge in [-0.15, -0.1) is 0 Å². The first kappa shape index (κ1) is 18.8. The molecule has 3 heterocycles. The van der Waals surface area contributed by atoms with Crippen LogP contribution in [-0.2, 0) is 10.2 Å². The van der Waals surface area contributed by atoms with E-state index in [0.29, 0.717) is 35.9 Å². The molecule has 7 nitrogen and oxygen atoms in total. The van der Waals surface area contributed by atoms with E-state index in [-0.39, 0.29) is 17.2 Å². The number of aromatic amines is 1. The highest BCUT2D eigenvalue weighted by Crippen LogP contribution is 2.23. The summed E-state index contributed by atoms with van der Waals surface area (Å²) in [4.78, 5) is 20.3. The van der Waals surface area contributed by atoms with Crippen LogP contribution < -0.4 is 15.4 Å². The Bertz CT molecular complexity index is 1150. The van der Waals surface area contributed by atoms with Crippen LogP contribution in [-0.4, -0.2) is 43.1 Å². The minimum atomic E-state index is -3.85. The summed E-state index contributed by atoms with van der Waals surface area (Å²) >= 11 is 0. The Balaban J connectivity index is 1.69. The molecule has 0 amide bonds. The van der Waals surface area contributed by atoms with Crippen LogP contribution in [0.4, 0.5) is 10.1 Å². The fraction of sp³-hybridized carbons (Fsp3) is 0.368. The molecule has 2 aliphatic rings. The van der Waals surface area contributed by atoms with Crippen molar-refractivity contribution in [2.45, 2.75) is 19.8 Å². The Morgan fingerprint density at radius 1 is 1.29 bits per heavy atom. The van der Waals surface area contributed by atoms with E-state index in [2.05, 4.69) is 14.7 Å². The molecule has 1 aromatic carbocycles. The number of ketones is 1. The van der Waals surface area contributed by atoms with Gasteiger partial charge in [-0.3, -0.25) is 14.5 Å². The molecule has 28 heavy (non-hydrogen) atoms. The lowest BCUT2D eigenvalue weighted by atomic mass is 10.0. The Morgan fingerprint density at radius 3 is 2.79 bits per heavy atom. The molecular formula is C19H21FN4O3S. The van der Waals surface area contributed by atoms with Crippen molar-refractivity contribution in [1.82, 2.24) is 9.29 Å². The molecule has 1 saturated heterocycles. The Hall–Kier alpha value is -2.52. The second kappa shape index (κ2) is 7.14. The smallest absolute Gasteiger partial charge is 0.301 e. The van der Waals surface area contributed by atoms with E-state index in [1.165, 1.54) is 28.7 Å². The minimum Gasteiger partial charge on any atom is -0.346 e. The summed E-state index contributed by atoms with van der Waals surface area (Å²) in [5.41, 5.74) is 0.510. The Morgan fingerprint density at radius 2 is 2.04 bits per heavy atom. The fourth-order valence-corrected chi connectivity index (χ4v) is 4.85. The lowest BCUT2D eigenvalue weighted by molar-refractivity contribution is 0.103. The molecule has 0 spiro atoms. The van der Waals surface area contributed by atoms with Crippen LogP contribution in [0.25, 0.3) is 6.08 Å². The molecule has 1 fully saturated rings. The van der Waals surface area contributed by atoms with E-state index in [1.807, 2.05) is 13.0 Å². The van der Waals surface area contributed by atoms with Gasteiger partial charge in [0.1, 0.15) is 5.49 Å². The summed E-state index contributed by atoms with van der Waals surface area (Å²) in [5, 5.41) is 0.659. The number of hydrogen-bond donors (Lipinski definition) is 2. The third-order valence-electron chi connectivity index (χ3n) is 5.02. The molecular weight excluding hydrogens is 383 g/mol. The van der Waals surface area contributed by atoms with Crippen LogP contribution in [0.2, 0.25) is 0 Å². The molecule has 2 aromatic rings. The number of anilines is 1. The monoisotopic (exact) mass is 404 g/mol. The van der Waals surface area contributed by atoms with Gasteiger partial charge in [0, 0.05) is 36.6 Å². The summed E-state index contributed by atoms with van der Waals surface area (Å²) in [6, 6.07) is 4.14. The molecule has 1 unspecified atom stereocenters. The number of fused-ring (bicyclic) bond motifs is 1. The molecule has 9 heteroatoms. The highest BCUT2D eigenvalue weighted by Gasteiger charge is 2.27. The number of aromatic nitrogens is 1. The molecule has 2 N–H and O–H groups in total. The maximum atomic E-state index is 15.0. The van der Waals surface area contributed by atoms with Crippen molar-refractivity contribution < 1.29 is 17.6 Å². The summed E-state index contributed by atoms with van der Waals surface area (Å²) < 4.78 is 43.5. The zero-order chi connectivity index (χ0) is 19.9. The van der Waals surface area contributed by atoms with E-state index in [9.17, 15) is 13.2 Å². The first-order valence-corrected chi connectivity index (χ1v) is 10.7. The van der Waals surface area contributed by atoms with Crippen LogP contribution >= 0.6 is 0 Å². The number of carbonyl (C=O) groups is 1. The Kier molecular flexibility index (Phi) is 4.80. The highest BCUT2D eigenvalue weighted by molar-refractivity contribution is 7.90. The topological polar surface area (TPSA) is 94.6 Å². The van der Waals surface area contributed by atoms with Crippen LogP contribution in [0.1, 0.15) is 35.7 Å². The van der Waals surface area contributed by atoms with Crippen molar-refractivity contribution in [3.8, 4) is 0 Å². The number of benzene rings is 1. The predicted octanol–water partition coefficient (Wildman–Crippen LogP) is 1.19. The van der Waals surface area contributed by atoms with Crippen molar-refractivity contribution in [2.24, 2.45) is 10.9 Å². The van der Waals surface area contributed by atoms with Gasteiger partial charge in [0.15, 0.2) is 11.6 Å². The van der Waals surface area contributed by atoms with E-state index in [4.69, 9.17) is 0 Å². The number of carbonyl (C=O) groups excluding carboxylic acids is 1. The van der Waals surface area contributed by atoms with E-state index in [1.54, 1.807) is 0 Å². The van der Waals surface area contributed by atoms with Gasteiger partial charge in [-0.05, 0) is 30.9 Å². The number of nitrogens with one attached hydrogen (secondary N) is 2. The van der Waals surface area contributed by atoms with Gasteiger partial charge in [0.05, 0.1) is 11.3 Å². The maximum absolute atomic E-state index is 15.0. The summed E-state index contributed by atoms with van der Waals surface area (Å²) in [6.07, 6.45) is 5.01. The van der Waals surface area contributed by atoms with Crippen LogP contribution in [0.5, 0.6) is 0 Å². The van der Waals surface area contributed by atoms with E-state index < -0.39 is 21.8 Å². The summed E-state index contributed by atoms with van der Waals surface area (Å²) in [5.74, 6) is -1.22. The summed E-state index contributed by atoms with van der Waals surface area (Å²) in [7, 11) is -3.85. The van der Waals surface area contributed by atoms with E-state index in [0.717, 1.165) is 12.8 Å². The fourth-order valence-electron chi connectivity index (χ4n) is 3.55. The Labute approximate surface area is 162 Å². The molecule has 1 aromatic heterocycles. The van der Waals surface area contributed by atoms with E-state index >= 15 is 4.39 Å². The van der Waals surface area contributed by atoms with Gasteiger partial charge in [-0.25, -0.2) is 4.39 Å². The molecule has 0 radical (unpaired) electrons. The number of nitrogens with zero attached hydrogens (tertiary/aromatic N) is 2. The molecule has 148 valence electrons. The lowest BCUT2D eigenvalue weighted by Crippen LogP contribution is -2.34. The predicted molar refractivity (Wildman–Crippen MR) is 103 cm³/mol. The van der Waals surface area contributed by atoms with Gasteiger partial charge < -0.3 is 4.98 Å². The molecule has 0 saturated carbocycles. The number of hydrogen-bond acceptors (Lipinski definition) is 4. The van der Waals surface area contributed by atoms with Crippen molar-refractivity contribution in [3.05, 3.63) is 52.0 Å². The summed E-state index contributed by atoms with van der Waals surface area (Å²) in [6.45, 7) is 3.43. The number of halogens is 1. The van der Waals surface area contributed by atoms with Crippen LogP contribution in [0.3, 0.4) is 0 Å². The van der Waals surface area contributed by atoms with Gasteiger partial charge in [-0.1, -0.05) is 19.1 Å². The molecule has 0 aliphatic carbocycles. The molecule has 2 aliphatic heterocycles. The van der Waals surface area contributed by atoms with Crippen LogP contribution in [0.15, 0.2) is 29.4 Å². The quantitative estimate of drug-likeness (QED) is 0.733. The third-order valence-corrected chi connectivity index (χ3v) is 6.54. The SMILES string of the molecule is CC1C=c2c(C(=O)c3cccc(NS(=O)(=O)N4CCCC4)c3F)c[nH]c2=NC1. The highest BCUT2D eigenvalue weighted by atomic mass is 32.2. The molecule has 0 bridgehead atoms. The number of rotatable bonds is 5. The van der Waals surface area contributed by atoms with Gasteiger partial charge in [0.25, 0.3) is 0 Å². The van der Waals surface area contributed by atoms with Crippen LogP contribution in [0, 0.1) is 11.7 Å².